The van der Waals surface area contributed by atoms with Crippen molar-refractivity contribution < 1.29 is 25.9 Å². The number of hydrogen-bond acceptors (Lipinski definition) is 4. The van der Waals surface area contributed by atoms with Crippen LogP contribution in [0.15, 0.2) is 46.2 Å². The molecule has 0 saturated carbocycles. The van der Waals surface area contributed by atoms with Crippen molar-refractivity contribution in [2.75, 3.05) is 0 Å². The van der Waals surface area contributed by atoms with Crippen LogP contribution >= 0.6 is 0 Å². The minimum Gasteiger partial charge on any atom is -0.282 e. The second-order valence-electron chi connectivity index (χ2n) is 4.91. The third-order valence-electron chi connectivity index (χ3n) is 3.23. The predicted octanol–water partition coefficient (Wildman–Crippen LogP) is 2.46. The SMILES string of the molecule is Cc1c2cc(S(=O)(=O)O)cc1-2.Cc1ccc(S(=O)(=O)O)cc1. The summed E-state index contributed by atoms with van der Waals surface area (Å²) in [6, 6.07) is 8.96. The van der Waals surface area contributed by atoms with Crippen molar-refractivity contribution in [1.29, 1.82) is 0 Å². The Morgan fingerprint density at radius 2 is 1.14 bits per heavy atom. The highest BCUT2D eigenvalue weighted by Gasteiger charge is 2.25. The van der Waals surface area contributed by atoms with Crippen molar-refractivity contribution in [3.63, 3.8) is 0 Å². The summed E-state index contributed by atoms with van der Waals surface area (Å²) in [5.41, 5.74) is 3.99. The van der Waals surface area contributed by atoms with Crippen LogP contribution in [0.4, 0.5) is 0 Å². The molecule has 3 rings (SSSR count). The smallest absolute Gasteiger partial charge is 0.282 e. The molecule has 0 radical (unpaired) electrons. The summed E-state index contributed by atoms with van der Waals surface area (Å²) in [6.45, 7) is 3.76. The van der Waals surface area contributed by atoms with Gasteiger partial charge < -0.3 is 0 Å². The molecule has 0 saturated heterocycles. The maximum atomic E-state index is 10.5. The van der Waals surface area contributed by atoms with Crippen molar-refractivity contribution in [3.8, 4) is 11.1 Å². The van der Waals surface area contributed by atoms with E-state index in [1.165, 1.54) is 24.3 Å². The van der Waals surface area contributed by atoms with E-state index in [9.17, 15) is 16.8 Å². The number of benzene rings is 2. The summed E-state index contributed by atoms with van der Waals surface area (Å²) in [5, 5.41) is 0. The lowest BCUT2D eigenvalue weighted by molar-refractivity contribution is 0.481. The van der Waals surface area contributed by atoms with Crippen molar-refractivity contribution in [1.82, 2.24) is 0 Å². The van der Waals surface area contributed by atoms with Gasteiger partial charge in [0, 0.05) is 0 Å². The molecule has 2 N–H and O–H groups in total. The van der Waals surface area contributed by atoms with Gasteiger partial charge in [-0.15, -0.1) is 0 Å². The lowest BCUT2D eigenvalue weighted by Gasteiger charge is -1.95. The molecule has 8 heteroatoms. The molecule has 0 spiro atoms. The first-order valence-electron chi connectivity index (χ1n) is 6.17. The average molecular weight is 342 g/mol. The normalized spacial score (nSPS) is 12.4. The van der Waals surface area contributed by atoms with Crippen LogP contribution in [0, 0.1) is 13.8 Å². The Bertz CT molecular complexity index is 873. The van der Waals surface area contributed by atoms with E-state index in [-0.39, 0.29) is 9.79 Å². The first-order chi connectivity index (χ1) is 10.00. The van der Waals surface area contributed by atoms with Crippen LogP contribution in [0.3, 0.4) is 0 Å². The number of hydrogen-bond donors (Lipinski definition) is 2. The highest BCUT2D eigenvalue weighted by atomic mass is 32.2. The van der Waals surface area contributed by atoms with E-state index in [0.29, 0.717) is 0 Å². The quantitative estimate of drug-likeness (QED) is 0.693. The van der Waals surface area contributed by atoms with Crippen LogP contribution in [-0.4, -0.2) is 25.9 Å². The molecule has 0 unspecified atom stereocenters. The van der Waals surface area contributed by atoms with E-state index >= 15 is 0 Å². The third kappa shape index (κ3) is 3.72. The first kappa shape index (κ1) is 16.6. The molecule has 6 nitrogen and oxygen atoms in total. The highest BCUT2D eigenvalue weighted by Crippen LogP contribution is 2.44. The summed E-state index contributed by atoms with van der Waals surface area (Å²) in [7, 11) is -8.00. The van der Waals surface area contributed by atoms with E-state index in [1.54, 1.807) is 12.1 Å². The standard InChI is InChI=1S/C7H6O3S.C7H8O3S/c1-4-6-2-5(3-7(4)6)11(8,9)10;1-6-2-4-7(5-3-6)11(8,9)10/h2-3H,1H3,(H,8,9,10);2-5H,1H3,(H,8,9,10). The van der Waals surface area contributed by atoms with Crippen LogP contribution in [0.1, 0.15) is 11.1 Å². The molecule has 118 valence electrons. The largest absolute Gasteiger partial charge is 0.294 e. The lowest BCUT2D eigenvalue weighted by Crippen LogP contribution is -1.96. The minimum atomic E-state index is -4.02. The molecular weight excluding hydrogens is 328 g/mol. The van der Waals surface area contributed by atoms with Gasteiger partial charge in [-0.1, -0.05) is 17.7 Å². The predicted molar refractivity (Wildman–Crippen MR) is 81.0 cm³/mol. The van der Waals surface area contributed by atoms with Crippen LogP contribution in [0.25, 0.3) is 11.1 Å². The Balaban J connectivity index is 0.000000160. The van der Waals surface area contributed by atoms with Gasteiger partial charge in [0.1, 0.15) is 0 Å². The minimum absolute atomic E-state index is 0.00750. The second kappa shape index (κ2) is 5.47. The molecule has 2 aliphatic carbocycles. The zero-order valence-corrected chi connectivity index (χ0v) is 13.4. The molecule has 22 heavy (non-hydrogen) atoms. The van der Waals surface area contributed by atoms with E-state index in [0.717, 1.165) is 22.3 Å². The molecule has 1 aromatic rings. The molecule has 0 aromatic heterocycles. The van der Waals surface area contributed by atoms with E-state index in [1.807, 2.05) is 13.8 Å². The second-order valence-corrected chi connectivity index (χ2v) is 7.75. The molecular formula is C14H14O6S2. The molecule has 1 aromatic carbocycles. The van der Waals surface area contributed by atoms with Crippen molar-refractivity contribution in [2.45, 2.75) is 23.6 Å². The summed E-state index contributed by atoms with van der Waals surface area (Å²) in [6.07, 6.45) is 0. The molecule has 0 aliphatic heterocycles. The maximum Gasteiger partial charge on any atom is 0.294 e. The first-order valence-corrected chi connectivity index (χ1v) is 9.05. The molecule has 0 bridgehead atoms. The topological polar surface area (TPSA) is 109 Å². The Morgan fingerprint density at radius 1 is 0.727 bits per heavy atom. The van der Waals surface area contributed by atoms with Crippen LogP contribution in [0.2, 0.25) is 0 Å². The molecule has 0 heterocycles. The molecule has 2 aliphatic rings. The van der Waals surface area contributed by atoms with Gasteiger partial charge in [0.05, 0.1) is 9.79 Å². The third-order valence-corrected chi connectivity index (χ3v) is 4.92. The highest BCUT2D eigenvalue weighted by molar-refractivity contribution is 7.86. The summed E-state index contributed by atoms with van der Waals surface area (Å²) >= 11 is 0. The van der Waals surface area contributed by atoms with Gasteiger partial charge in [0.2, 0.25) is 0 Å². The lowest BCUT2D eigenvalue weighted by atomic mass is 10.2. The van der Waals surface area contributed by atoms with Crippen LogP contribution in [-0.2, 0) is 20.2 Å². The Hall–Kier alpha value is -1.74. The van der Waals surface area contributed by atoms with Gasteiger partial charge in [-0.3, -0.25) is 9.11 Å². The van der Waals surface area contributed by atoms with E-state index in [4.69, 9.17) is 9.11 Å². The maximum absolute atomic E-state index is 10.5. The number of aryl methyl sites for hydroxylation is 2. The Labute approximate surface area is 128 Å². The van der Waals surface area contributed by atoms with Crippen molar-refractivity contribution in [2.24, 2.45) is 0 Å². The monoisotopic (exact) mass is 342 g/mol. The zero-order chi connectivity index (χ0) is 16.7. The number of rotatable bonds is 2. The van der Waals surface area contributed by atoms with E-state index in [2.05, 4.69) is 0 Å². The zero-order valence-electron chi connectivity index (χ0n) is 11.8. The van der Waals surface area contributed by atoms with Gasteiger partial charge in [-0.25, -0.2) is 0 Å². The summed E-state index contributed by atoms with van der Waals surface area (Å²) < 4.78 is 59.2. The van der Waals surface area contributed by atoms with Crippen LogP contribution in [0.5, 0.6) is 0 Å². The summed E-state index contributed by atoms with van der Waals surface area (Å²) in [4.78, 5) is -0.0591. The molecule has 0 fully saturated rings. The van der Waals surface area contributed by atoms with Crippen molar-refractivity contribution in [3.05, 3.63) is 47.5 Å². The average Bonchev–Trinajstić information content (AvgIpc) is 2.83. The van der Waals surface area contributed by atoms with Gasteiger partial charge >= 0.3 is 0 Å². The molecule has 0 amide bonds. The fraction of sp³-hybridized carbons (Fsp3) is 0.143. The van der Waals surface area contributed by atoms with Crippen LogP contribution < -0.4 is 0 Å². The van der Waals surface area contributed by atoms with Gasteiger partial charge in [0.25, 0.3) is 20.2 Å². The molecule has 0 atom stereocenters. The Morgan fingerprint density at radius 3 is 1.50 bits per heavy atom. The fourth-order valence-corrected chi connectivity index (χ4v) is 2.89. The number of fused-ring (bicyclic) bond motifs is 1. The Kier molecular flexibility index (Phi) is 4.14. The fourth-order valence-electron chi connectivity index (χ4n) is 1.88. The van der Waals surface area contributed by atoms with Gasteiger partial charge in [0.15, 0.2) is 0 Å². The van der Waals surface area contributed by atoms with Crippen molar-refractivity contribution >= 4 is 20.2 Å². The van der Waals surface area contributed by atoms with E-state index < -0.39 is 20.2 Å². The van der Waals surface area contributed by atoms with Gasteiger partial charge in [-0.2, -0.15) is 16.8 Å². The van der Waals surface area contributed by atoms with Gasteiger partial charge in [-0.05, 0) is 54.8 Å². The summed E-state index contributed by atoms with van der Waals surface area (Å²) in [5.74, 6) is 0.